The number of carbonyl (C=O) groups excluding carboxylic acids is 2. The van der Waals surface area contributed by atoms with Gasteiger partial charge in [0.05, 0.1) is 25.0 Å². The molecule has 0 fully saturated rings. The van der Waals surface area contributed by atoms with E-state index in [1.54, 1.807) is 0 Å². The van der Waals surface area contributed by atoms with Gasteiger partial charge in [-0.25, -0.2) is 0 Å². The fraction of sp³-hybridized carbons (Fsp3) is 0.667. The topological polar surface area (TPSA) is 224 Å². The van der Waals surface area contributed by atoms with E-state index in [1.807, 2.05) is 0 Å². The molecule has 0 aliphatic carbocycles. The Morgan fingerprint density at radius 2 is 1.79 bits per heavy atom. The average molecular weight is 348 g/mol. The molecule has 0 rings (SSSR count). The lowest BCUT2D eigenvalue weighted by atomic mass is 10.1. The van der Waals surface area contributed by atoms with Crippen molar-refractivity contribution in [2.75, 3.05) is 13.1 Å². The van der Waals surface area contributed by atoms with Gasteiger partial charge in [0.15, 0.2) is 12.2 Å². The number of aliphatic hydroxyl groups is 2. The third-order valence-electron chi connectivity index (χ3n) is 2.87. The van der Waals surface area contributed by atoms with Crippen LogP contribution in [0.2, 0.25) is 0 Å². The van der Waals surface area contributed by atoms with Gasteiger partial charge in [-0.05, 0) is 12.8 Å². The largest absolute Gasteiger partial charge is 0.481 e. The Morgan fingerprint density at radius 1 is 1.17 bits per heavy atom. The first-order valence-corrected chi connectivity index (χ1v) is 7.12. The summed E-state index contributed by atoms with van der Waals surface area (Å²) in [5, 5.41) is 40.4. The standard InChI is InChI=1S/C12H24N6O6/c13-6(2-1-3-16-12(14)15)10(22)17-5-8(19)18-7(11(23)24)4-9(20)21/h6-7,11,23-24H,1-5,13H2,(H,17,22)(H,18,19)(H,20,21)(H4,14,15,16)/t6-,7-/m1/s1. The average Bonchev–Trinajstić information content (AvgIpc) is 2.47. The van der Waals surface area contributed by atoms with Crippen molar-refractivity contribution in [3.63, 3.8) is 0 Å². The van der Waals surface area contributed by atoms with Gasteiger partial charge in [0.2, 0.25) is 11.8 Å². The first-order chi connectivity index (χ1) is 11.1. The summed E-state index contributed by atoms with van der Waals surface area (Å²) in [6, 6.07) is -2.26. The molecule has 0 unspecified atom stereocenters. The van der Waals surface area contributed by atoms with Crippen LogP contribution in [0.3, 0.4) is 0 Å². The Labute approximate surface area is 138 Å². The van der Waals surface area contributed by atoms with Crippen molar-refractivity contribution in [2.24, 2.45) is 11.5 Å². The molecule has 0 saturated carbocycles. The Balaban J connectivity index is 4.12. The van der Waals surface area contributed by atoms with Gasteiger partial charge in [-0.3, -0.25) is 19.8 Å². The number of amides is 2. The number of nitrogens with one attached hydrogen (secondary N) is 4. The van der Waals surface area contributed by atoms with Crippen molar-refractivity contribution >= 4 is 23.7 Å². The molecule has 0 aromatic carbocycles. The second kappa shape index (κ2) is 11.2. The number of carboxylic acid groups (broad SMARTS) is 1. The molecule has 0 aliphatic heterocycles. The predicted octanol–water partition coefficient (Wildman–Crippen LogP) is -4.04. The highest BCUT2D eigenvalue weighted by molar-refractivity contribution is 5.87. The molecule has 0 bridgehead atoms. The molecule has 11 N–H and O–H groups in total. The minimum atomic E-state index is -2.04. The zero-order valence-corrected chi connectivity index (χ0v) is 13.0. The van der Waals surface area contributed by atoms with Gasteiger partial charge >= 0.3 is 5.97 Å². The Bertz CT molecular complexity index is 457. The quantitative estimate of drug-likeness (QED) is 0.0765. The molecule has 0 spiro atoms. The van der Waals surface area contributed by atoms with Gasteiger partial charge in [0.1, 0.15) is 0 Å². The van der Waals surface area contributed by atoms with Gasteiger partial charge in [-0.2, -0.15) is 0 Å². The van der Waals surface area contributed by atoms with E-state index < -0.39 is 49.1 Å². The van der Waals surface area contributed by atoms with Crippen LogP contribution in [0.15, 0.2) is 0 Å². The van der Waals surface area contributed by atoms with E-state index in [4.69, 9.17) is 32.2 Å². The third kappa shape index (κ3) is 10.3. The number of carboxylic acids is 1. The Hall–Kier alpha value is -2.44. The maximum atomic E-state index is 11.7. The van der Waals surface area contributed by atoms with Crippen molar-refractivity contribution in [3.8, 4) is 0 Å². The minimum absolute atomic E-state index is 0.188. The molecule has 12 heteroatoms. The van der Waals surface area contributed by atoms with Crippen LogP contribution in [0.1, 0.15) is 19.3 Å². The highest BCUT2D eigenvalue weighted by atomic mass is 16.5. The van der Waals surface area contributed by atoms with Gasteiger partial charge in [-0.15, -0.1) is 0 Å². The molecular weight excluding hydrogens is 324 g/mol. The van der Waals surface area contributed by atoms with Crippen LogP contribution in [-0.2, 0) is 14.4 Å². The van der Waals surface area contributed by atoms with Gasteiger partial charge < -0.3 is 42.7 Å². The molecule has 0 aromatic heterocycles. The zero-order valence-electron chi connectivity index (χ0n) is 13.0. The number of aliphatic carboxylic acids is 1. The molecule has 0 aromatic rings. The summed E-state index contributed by atoms with van der Waals surface area (Å²) < 4.78 is 0. The normalized spacial score (nSPS) is 13.0. The van der Waals surface area contributed by atoms with Gasteiger partial charge in [0.25, 0.3) is 0 Å². The number of carbonyl (C=O) groups is 3. The molecule has 0 saturated heterocycles. The number of hydrogen-bond acceptors (Lipinski definition) is 7. The predicted molar refractivity (Wildman–Crippen MR) is 82.5 cm³/mol. The Morgan fingerprint density at radius 3 is 2.29 bits per heavy atom. The van der Waals surface area contributed by atoms with E-state index in [1.165, 1.54) is 0 Å². The molecule has 138 valence electrons. The summed E-state index contributed by atoms with van der Waals surface area (Å²) >= 11 is 0. The number of aliphatic hydroxyl groups excluding tert-OH is 1. The van der Waals surface area contributed by atoms with Crippen molar-refractivity contribution in [1.82, 2.24) is 16.0 Å². The number of hydrogen-bond donors (Lipinski definition) is 9. The van der Waals surface area contributed by atoms with Gasteiger partial charge in [0, 0.05) is 6.54 Å². The summed E-state index contributed by atoms with van der Waals surface area (Å²) in [6.07, 6.45) is -1.94. The molecule has 12 nitrogen and oxygen atoms in total. The number of guanidine groups is 1. The van der Waals surface area contributed by atoms with Crippen LogP contribution in [0, 0.1) is 5.41 Å². The lowest BCUT2D eigenvalue weighted by Crippen LogP contribution is -2.50. The summed E-state index contributed by atoms with van der Waals surface area (Å²) in [6.45, 7) is -0.108. The van der Waals surface area contributed by atoms with Crippen LogP contribution < -0.4 is 27.4 Å². The van der Waals surface area contributed by atoms with Crippen molar-refractivity contribution in [1.29, 1.82) is 5.41 Å². The van der Waals surface area contributed by atoms with E-state index in [0.717, 1.165) is 0 Å². The molecule has 2 atom stereocenters. The second-order valence-corrected chi connectivity index (χ2v) is 4.99. The molecular formula is C12H24N6O6. The van der Waals surface area contributed by atoms with Gasteiger partial charge in [-0.1, -0.05) is 0 Å². The monoisotopic (exact) mass is 348 g/mol. The van der Waals surface area contributed by atoms with Crippen LogP contribution in [-0.4, -0.2) is 70.5 Å². The first kappa shape index (κ1) is 21.6. The van der Waals surface area contributed by atoms with E-state index in [2.05, 4.69) is 16.0 Å². The summed E-state index contributed by atoms with van der Waals surface area (Å²) in [5.41, 5.74) is 10.7. The van der Waals surface area contributed by atoms with E-state index in [-0.39, 0.29) is 5.96 Å². The highest BCUT2D eigenvalue weighted by Crippen LogP contribution is 1.97. The summed E-state index contributed by atoms with van der Waals surface area (Å²) in [4.78, 5) is 33.8. The van der Waals surface area contributed by atoms with Crippen molar-refractivity contribution < 1.29 is 29.7 Å². The lowest BCUT2D eigenvalue weighted by molar-refractivity contribution is -0.143. The SMILES string of the molecule is N=C(N)NCCC[C@@H](N)C(=O)NCC(=O)N[C@H](CC(=O)O)C(O)O. The molecule has 0 heterocycles. The van der Waals surface area contributed by atoms with Crippen LogP contribution in [0.5, 0.6) is 0 Å². The van der Waals surface area contributed by atoms with E-state index in [0.29, 0.717) is 19.4 Å². The molecule has 0 radical (unpaired) electrons. The smallest absolute Gasteiger partial charge is 0.305 e. The highest BCUT2D eigenvalue weighted by Gasteiger charge is 2.22. The van der Waals surface area contributed by atoms with Crippen molar-refractivity contribution in [2.45, 2.75) is 37.6 Å². The minimum Gasteiger partial charge on any atom is -0.481 e. The van der Waals surface area contributed by atoms with Crippen LogP contribution >= 0.6 is 0 Å². The number of rotatable bonds is 11. The van der Waals surface area contributed by atoms with Crippen LogP contribution in [0.4, 0.5) is 0 Å². The fourth-order valence-corrected chi connectivity index (χ4v) is 1.65. The lowest BCUT2D eigenvalue weighted by Gasteiger charge is -2.19. The molecule has 2 amide bonds. The van der Waals surface area contributed by atoms with Crippen molar-refractivity contribution in [3.05, 3.63) is 0 Å². The second-order valence-electron chi connectivity index (χ2n) is 4.99. The summed E-state index contributed by atoms with van der Waals surface area (Å²) in [7, 11) is 0. The number of nitrogens with two attached hydrogens (primary N) is 2. The van der Waals surface area contributed by atoms with Crippen LogP contribution in [0.25, 0.3) is 0 Å². The first-order valence-electron chi connectivity index (χ1n) is 7.12. The Kier molecular flexibility index (Phi) is 10.0. The molecule has 0 aliphatic rings. The third-order valence-corrected chi connectivity index (χ3v) is 2.87. The maximum absolute atomic E-state index is 11.7. The van der Waals surface area contributed by atoms with E-state index in [9.17, 15) is 14.4 Å². The van der Waals surface area contributed by atoms with E-state index >= 15 is 0 Å². The zero-order chi connectivity index (χ0) is 18.7. The maximum Gasteiger partial charge on any atom is 0.305 e. The molecule has 24 heavy (non-hydrogen) atoms. The fourth-order valence-electron chi connectivity index (χ4n) is 1.65. The summed E-state index contributed by atoms with van der Waals surface area (Å²) in [5.74, 6) is -2.88.